The van der Waals surface area contributed by atoms with E-state index in [0.717, 1.165) is 69.0 Å². The molecule has 3 aromatic rings. The third kappa shape index (κ3) is 4.96. The van der Waals surface area contributed by atoms with E-state index >= 15 is 0 Å². The zero-order chi connectivity index (χ0) is 23.5. The van der Waals surface area contributed by atoms with Crippen LogP contribution in [0.3, 0.4) is 0 Å². The van der Waals surface area contributed by atoms with Gasteiger partial charge in [-0.1, -0.05) is 52.6 Å². The van der Waals surface area contributed by atoms with Crippen LogP contribution in [0.5, 0.6) is 5.75 Å². The summed E-state index contributed by atoms with van der Waals surface area (Å²) in [7, 11) is 1.75. The summed E-state index contributed by atoms with van der Waals surface area (Å²) in [5, 5.41) is 8.85. The highest BCUT2D eigenvalue weighted by atomic mass is 35.5. The molecule has 1 aromatic heterocycles. The van der Waals surface area contributed by atoms with Crippen LogP contribution < -0.4 is 10.1 Å². The predicted octanol–water partition coefficient (Wildman–Crippen LogP) is 5.43. The van der Waals surface area contributed by atoms with Crippen LogP contribution in [0.1, 0.15) is 54.4 Å². The number of piperidine rings is 1. The van der Waals surface area contributed by atoms with Crippen LogP contribution in [0.2, 0.25) is 10.0 Å². The molecule has 0 unspecified atom stereocenters. The first kappa shape index (κ1) is 23.6. The van der Waals surface area contributed by atoms with Crippen molar-refractivity contribution in [3.8, 4) is 5.75 Å². The van der Waals surface area contributed by atoms with Crippen molar-refractivity contribution >= 4 is 23.2 Å². The maximum Gasteiger partial charge on any atom is 0.240 e. The molecule has 1 aliphatic carbocycles. The van der Waals surface area contributed by atoms with Crippen LogP contribution in [0.25, 0.3) is 0 Å². The molecule has 1 aliphatic heterocycles. The summed E-state index contributed by atoms with van der Waals surface area (Å²) in [5.74, 6) is 2.94. The normalized spacial score (nSPS) is 18.2. The maximum atomic E-state index is 6.23. The lowest BCUT2D eigenvalue weighted by Gasteiger charge is -2.32. The number of aromatic nitrogens is 2. The largest absolute Gasteiger partial charge is 0.496 e. The smallest absolute Gasteiger partial charge is 0.240 e. The molecular weight excluding hydrogens is 471 g/mol. The fraction of sp³-hybridized carbons (Fsp3) is 0.462. The lowest BCUT2D eigenvalue weighted by Crippen LogP contribution is -2.37. The fourth-order valence-corrected chi connectivity index (χ4v) is 5.28. The summed E-state index contributed by atoms with van der Waals surface area (Å²) >= 11 is 12.3. The van der Waals surface area contributed by atoms with E-state index in [0.29, 0.717) is 28.4 Å². The number of benzene rings is 2. The van der Waals surface area contributed by atoms with Gasteiger partial charge in [0.15, 0.2) is 5.82 Å². The van der Waals surface area contributed by atoms with E-state index in [-0.39, 0.29) is 5.41 Å². The van der Waals surface area contributed by atoms with Crippen molar-refractivity contribution in [2.45, 2.75) is 43.6 Å². The maximum absolute atomic E-state index is 6.23. The second-order valence-electron chi connectivity index (χ2n) is 9.26. The van der Waals surface area contributed by atoms with Crippen molar-refractivity contribution in [3.05, 3.63) is 75.4 Å². The van der Waals surface area contributed by atoms with Gasteiger partial charge in [-0.2, -0.15) is 4.98 Å². The average molecular weight is 501 g/mol. The summed E-state index contributed by atoms with van der Waals surface area (Å²) in [4.78, 5) is 7.19. The Morgan fingerprint density at radius 1 is 1.12 bits per heavy atom. The number of likely N-dealkylation sites (tertiary alicyclic amines) is 1. The molecule has 5 rings (SSSR count). The molecule has 2 fully saturated rings. The van der Waals surface area contributed by atoms with Gasteiger partial charge in [0.2, 0.25) is 5.89 Å². The minimum Gasteiger partial charge on any atom is -0.496 e. The van der Waals surface area contributed by atoms with Gasteiger partial charge in [0.05, 0.1) is 29.1 Å². The van der Waals surface area contributed by atoms with Crippen LogP contribution in [0.15, 0.2) is 47.0 Å². The molecule has 0 radical (unpaired) electrons. The van der Waals surface area contributed by atoms with Crippen LogP contribution >= 0.6 is 23.2 Å². The van der Waals surface area contributed by atoms with Gasteiger partial charge < -0.3 is 19.5 Å². The molecule has 0 amide bonds. The molecule has 1 saturated carbocycles. The van der Waals surface area contributed by atoms with Crippen LogP contribution in [-0.4, -0.2) is 48.3 Å². The quantitative estimate of drug-likeness (QED) is 0.395. The minimum absolute atomic E-state index is 0.193. The van der Waals surface area contributed by atoms with Crippen LogP contribution in [0.4, 0.5) is 0 Å². The van der Waals surface area contributed by atoms with Gasteiger partial charge in [0.25, 0.3) is 0 Å². The number of ether oxygens (including phenoxy) is 1. The van der Waals surface area contributed by atoms with E-state index in [1.54, 1.807) is 7.11 Å². The molecule has 180 valence electrons. The Balaban J connectivity index is 1.08. The van der Waals surface area contributed by atoms with Crippen molar-refractivity contribution < 1.29 is 9.26 Å². The minimum atomic E-state index is -0.193. The number of hydrogen-bond donors (Lipinski definition) is 1. The third-order valence-electron chi connectivity index (χ3n) is 7.17. The van der Waals surface area contributed by atoms with Crippen molar-refractivity contribution in [2.24, 2.45) is 0 Å². The molecule has 34 heavy (non-hydrogen) atoms. The van der Waals surface area contributed by atoms with E-state index in [4.69, 9.17) is 32.5 Å². The summed E-state index contributed by atoms with van der Waals surface area (Å²) < 4.78 is 11.1. The third-order valence-corrected chi connectivity index (χ3v) is 7.90. The molecule has 1 N–H and O–H groups in total. The van der Waals surface area contributed by atoms with Crippen molar-refractivity contribution in [3.63, 3.8) is 0 Å². The van der Waals surface area contributed by atoms with Gasteiger partial charge in [-0.15, -0.1) is 0 Å². The van der Waals surface area contributed by atoms with Gasteiger partial charge in [0, 0.05) is 13.1 Å². The highest BCUT2D eigenvalue weighted by Gasteiger charge is 2.50. The average Bonchev–Trinajstić information content (AvgIpc) is 3.54. The number of nitrogens with zero attached hydrogens (tertiary/aromatic N) is 3. The topological polar surface area (TPSA) is 63.4 Å². The molecule has 0 spiro atoms. The van der Waals surface area contributed by atoms with Crippen LogP contribution in [-0.2, 0) is 12.0 Å². The molecule has 0 atom stereocenters. The number of hydrogen-bond acceptors (Lipinski definition) is 6. The zero-order valence-corrected chi connectivity index (χ0v) is 20.9. The highest BCUT2D eigenvalue weighted by Crippen LogP contribution is 2.53. The Morgan fingerprint density at radius 2 is 1.91 bits per heavy atom. The number of rotatable bonds is 9. The standard InChI is InChI=1S/C26H30Cl2N4O2/c1-33-23-5-3-2-4-20(23)18-8-13-32(14-9-18)15-12-29-17-24-30-25(31-34-24)26(10-11-26)19-6-7-21(27)22(28)16-19/h2-7,16,18,29H,8-15,17H2,1H3. The number of nitrogens with one attached hydrogen (secondary N) is 1. The van der Waals surface area contributed by atoms with Gasteiger partial charge in [-0.3, -0.25) is 0 Å². The molecule has 2 aliphatic rings. The van der Waals surface area contributed by atoms with Gasteiger partial charge in [0.1, 0.15) is 5.75 Å². The monoisotopic (exact) mass is 500 g/mol. The lowest BCUT2D eigenvalue weighted by atomic mass is 9.89. The first-order valence-electron chi connectivity index (χ1n) is 11.9. The summed E-state index contributed by atoms with van der Waals surface area (Å²) in [6.45, 7) is 4.66. The zero-order valence-electron chi connectivity index (χ0n) is 19.4. The second kappa shape index (κ2) is 10.2. The Morgan fingerprint density at radius 3 is 2.65 bits per heavy atom. The fourth-order valence-electron chi connectivity index (χ4n) is 4.98. The first-order valence-corrected chi connectivity index (χ1v) is 12.7. The van der Waals surface area contributed by atoms with Gasteiger partial charge in [-0.05, 0) is 74.0 Å². The summed E-state index contributed by atoms with van der Waals surface area (Å²) in [5.41, 5.74) is 2.24. The van der Waals surface area contributed by atoms with E-state index in [2.05, 4.69) is 38.6 Å². The first-order chi connectivity index (χ1) is 16.6. The van der Waals surface area contributed by atoms with Gasteiger partial charge >= 0.3 is 0 Å². The lowest BCUT2D eigenvalue weighted by molar-refractivity contribution is 0.210. The molecular formula is C26H30Cl2N4O2. The van der Waals surface area contributed by atoms with E-state index in [9.17, 15) is 0 Å². The number of para-hydroxylation sites is 1. The summed E-state index contributed by atoms with van der Waals surface area (Å²) in [6, 6.07) is 14.2. The molecule has 6 nitrogen and oxygen atoms in total. The Bertz CT molecular complexity index is 1120. The van der Waals surface area contributed by atoms with Gasteiger partial charge in [-0.25, -0.2) is 0 Å². The van der Waals surface area contributed by atoms with E-state index in [1.165, 1.54) is 5.56 Å². The Labute approximate surface area is 210 Å². The van der Waals surface area contributed by atoms with Crippen molar-refractivity contribution in [2.75, 3.05) is 33.3 Å². The number of methoxy groups -OCH3 is 1. The second-order valence-corrected chi connectivity index (χ2v) is 10.1. The molecule has 1 saturated heterocycles. The Hall–Kier alpha value is -2.12. The van der Waals surface area contributed by atoms with Crippen LogP contribution in [0, 0.1) is 0 Å². The Kier molecular flexibility index (Phi) is 7.11. The molecule has 8 heteroatoms. The molecule has 2 aromatic carbocycles. The van der Waals surface area contributed by atoms with Crippen molar-refractivity contribution in [1.29, 1.82) is 0 Å². The predicted molar refractivity (Wildman–Crippen MR) is 134 cm³/mol. The SMILES string of the molecule is COc1ccccc1C1CCN(CCNCc2nc(C3(c4ccc(Cl)c(Cl)c4)CC3)no2)CC1. The molecule has 0 bridgehead atoms. The number of halogens is 2. The highest BCUT2D eigenvalue weighted by molar-refractivity contribution is 6.42. The molecule has 2 heterocycles. The van der Waals surface area contributed by atoms with E-state index < -0.39 is 0 Å². The van der Waals surface area contributed by atoms with Crippen molar-refractivity contribution in [1.82, 2.24) is 20.4 Å². The summed E-state index contributed by atoms with van der Waals surface area (Å²) in [6.07, 6.45) is 4.29. The van der Waals surface area contributed by atoms with E-state index in [1.807, 2.05) is 24.3 Å².